The van der Waals surface area contributed by atoms with Crippen molar-refractivity contribution in [3.63, 3.8) is 0 Å². The predicted molar refractivity (Wildman–Crippen MR) is 71.8 cm³/mol. The van der Waals surface area contributed by atoms with Gasteiger partial charge in [0, 0.05) is 24.2 Å². The molecule has 3 heterocycles. The third-order valence-corrected chi connectivity index (χ3v) is 4.08. The highest BCUT2D eigenvalue weighted by molar-refractivity contribution is 7.10. The topological polar surface area (TPSA) is 56.5 Å². The quantitative estimate of drug-likeness (QED) is 0.737. The lowest BCUT2D eigenvalue weighted by atomic mass is 10.3. The second-order valence-corrected chi connectivity index (χ2v) is 5.89. The van der Waals surface area contributed by atoms with Crippen LogP contribution in [0.25, 0.3) is 11.4 Å². The highest BCUT2D eigenvalue weighted by atomic mass is 32.1. The van der Waals surface area contributed by atoms with Crippen LogP contribution in [0.3, 0.4) is 0 Å². The van der Waals surface area contributed by atoms with Crippen molar-refractivity contribution in [3.05, 3.63) is 32.7 Å². The molecule has 3 rings (SSSR count). The number of thiazole rings is 2. The third-order valence-electron chi connectivity index (χ3n) is 2.41. The molecule has 0 bridgehead atoms. The predicted octanol–water partition coefficient (Wildman–Crippen LogP) is 2.29. The maximum absolute atomic E-state index is 4.57. The molecule has 7 heteroatoms. The third kappa shape index (κ3) is 2.32. The molecule has 92 valence electrons. The summed E-state index contributed by atoms with van der Waals surface area (Å²) in [5.74, 6) is 0. The van der Waals surface area contributed by atoms with Crippen LogP contribution in [0.1, 0.15) is 15.7 Å². The minimum Gasteiger partial charge on any atom is -0.246 e. The summed E-state index contributed by atoms with van der Waals surface area (Å²) in [6, 6.07) is 0. The Bertz CT molecular complexity index is 666. The summed E-state index contributed by atoms with van der Waals surface area (Å²) in [5.41, 5.74) is 2.78. The fourth-order valence-corrected chi connectivity index (χ4v) is 3.03. The molecule has 0 aromatic carbocycles. The summed E-state index contributed by atoms with van der Waals surface area (Å²) < 4.78 is 0. The van der Waals surface area contributed by atoms with Crippen LogP contribution < -0.4 is 0 Å². The standard InChI is InChI=1S/C11H11N5S2/c1-7-13-8(5-17-7)3-11-14-10(6-18-11)9-4-12-16(2)15-9/h4-6H,3H2,1-2H3. The van der Waals surface area contributed by atoms with Crippen LogP contribution >= 0.6 is 22.7 Å². The van der Waals surface area contributed by atoms with Gasteiger partial charge in [-0.1, -0.05) is 0 Å². The van der Waals surface area contributed by atoms with Gasteiger partial charge in [0.2, 0.25) is 0 Å². The Labute approximate surface area is 112 Å². The van der Waals surface area contributed by atoms with Gasteiger partial charge in [0.15, 0.2) is 0 Å². The van der Waals surface area contributed by atoms with E-state index in [1.807, 2.05) is 12.3 Å². The van der Waals surface area contributed by atoms with Crippen molar-refractivity contribution in [3.8, 4) is 11.4 Å². The van der Waals surface area contributed by atoms with E-state index in [9.17, 15) is 0 Å². The lowest BCUT2D eigenvalue weighted by molar-refractivity contribution is 0.655. The van der Waals surface area contributed by atoms with Gasteiger partial charge < -0.3 is 0 Å². The first-order valence-electron chi connectivity index (χ1n) is 5.43. The molecule has 0 N–H and O–H groups in total. The van der Waals surface area contributed by atoms with Crippen molar-refractivity contribution in [2.75, 3.05) is 0 Å². The van der Waals surface area contributed by atoms with Crippen LogP contribution in [-0.4, -0.2) is 25.0 Å². The zero-order valence-corrected chi connectivity index (χ0v) is 11.6. The van der Waals surface area contributed by atoms with Gasteiger partial charge in [-0.3, -0.25) is 0 Å². The van der Waals surface area contributed by atoms with Crippen molar-refractivity contribution in [2.45, 2.75) is 13.3 Å². The molecule has 3 aromatic heterocycles. The smallest absolute Gasteiger partial charge is 0.132 e. The Hall–Kier alpha value is -1.60. The van der Waals surface area contributed by atoms with Crippen molar-refractivity contribution in [1.29, 1.82) is 0 Å². The van der Waals surface area contributed by atoms with E-state index in [2.05, 4.69) is 25.5 Å². The lowest BCUT2D eigenvalue weighted by Crippen LogP contribution is -1.92. The van der Waals surface area contributed by atoms with E-state index in [4.69, 9.17) is 0 Å². The Morgan fingerprint density at radius 3 is 2.72 bits per heavy atom. The molecule has 0 atom stereocenters. The van der Waals surface area contributed by atoms with Gasteiger partial charge in [-0.15, -0.1) is 22.7 Å². The normalized spacial score (nSPS) is 11.0. The zero-order chi connectivity index (χ0) is 12.5. The average Bonchev–Trinajstić information content (AvgIpc) is 3.01. The van der Waals surface area contributed by atoms with E-state index < -0.39 is 0 Å². The van der Waals surface area contributed by atoms with E-state index in [1.54, 1.807) is 35.9 Å². The number of hydrogen-bond acceptors (Lipinski definition) is 6. The minimum absolute atomic E-state index is 0.787. The molecule has 0 radical (unpaired) electrons. The van der Waals surface area contributed by atoms with E-state index >= 15 is 0 Å². The van der Waals surface area contributed by atoms with Crippen molar-refractivity contribution < 1.29 is 0 Å². The van der Waals surface area contributed by atoms with Crippen LogP contribution in [0, 0.1) is 6.92 Å². The number of hydrogen-bond donors (Lipinski definition) is 0. The van der Waals surface area contributed by atoms with Gasteiger partial charge in [0.1, 0.15) is 11.4 Å². The molecule has 3 aromatic rings. The molecular formula is C11H11N5S2. The monoisotopic (exact) mass is 277 g/mol. The summed E-state index contributed by atoms with van der Waals surface area (Å²) in [7, 11) is 1.80. The van der Waals surface area contributed by atoms with Crippen LogP contribution in [0.4, 0.5) is 0 Å². The molecule has 0 aliphatic rings. The molecule has 0 spiro atoms. The molecule has 0 amide bonds. The van der Waals surface area contributed by atoms with E-state index in [0.717, 1.165) is 33.5 Å². The Morgan fingerprint density at radius 2 is 2.06 bits per heavy atom. The molecule has 0 aliphatic heterocycles. The van der Waals surface area contributed by atoms with Gasteiger partial charge in [-0.05, 0) is 6.92 Å². The first-order valence-corrected chi connectivity index (χ1v) is 7.19. The van der Waals surface area contributed by atoms with Crippen LogP contribution in [0.5, 0.6) is 0 Å². The Morgan fingerprint density at radius 1 is 1.17 bits per heavy atom. The Kier molecular flexibility index (Phi) is 2.92. The SMILES string of the molecule is Cc1nc(Cc2nc(-c3cnn(C)n3)cs2)cs1. The zero-order valence-electron chi connectivity index (χ0n) is 9.99. The van der Waals surface area contributed by atoms with Gasteiger partial charge >= 0.3 is 0 Å². The van der Waals surface area contributed by atoms with Crippen molar-refractivity contribution >= 4 is 22.7 Å². The van der Waals surface area contributed by atoms with Crippen LogP contribution in [0.2, 0.25) is 0 Å². The summed E-state index contributed by atoms with van der Waals surface area (Å²) in [6.45, 7) is 2.01. The van der Waals surface area contributed by atoms with Crippen molar-refractivity contribution in [1.82, 2.24) is 25.0 Å². The summed E-state index contributed by atoms with van der Waals surface area (Å²) in [6.07, 6.45) is 2.51. The number of rotatable bonds is 3. The first-order chi connectivity index (χ1) is 8.70. The fraction of sp³-hybridized carbons (Fsp3) is 0.273. The van der Waals surface area contributed by atoms with Crippen LogP contribution in [-0.2, 0) is 13.5 Å². The molecule has 5 nitrogen and oxygen atoms in total. The second kappa shape index (κ2) is 4.58. The van der Waals surface area contributed by atoms with Gasteiger partial charge in [-0.2, -0.15) is 15.0 Å². The molecular weight excluding hydrogens is 266 g/mol. The maximum Gasteiger partial charge on any atom is 0.132 e. The number of aromatic nitrogens is 5. The molecule has 0 fully saturated rings. The molecule has 0 aliphatic carbocycles. The van der Waals surface area contributed by atoms with E-state index in [-0.39, 0.29) is 0 Å². The summed E-state index contributed by atoms with van der Waals surface area (Å²) in [5, 5.41) is 14.5. The highest BCUT2D eigenvalue weighted by Crippen LogP contribution is 2.21. The lowest BCUT2D eigenvalue weighted by Gasteiger charge is -1.90. The van der Waals surface area contributed by atoms with Gasteiger partial charge in [-0.25, -0.2) is 9.97 Å². The largest absolute Gasteiger partial charge is 0.246 e. The highest BCUT2D eigenvalue weighted by Gasteiger charge is 2.09. The molecule has 0 saturated heterocycles. The average molecular weight is 277 g/mol. The fourth-order valence-electron chi connectivity index (χ4n) is 1.62. The van der Waals surface area contributed by atoms with E-state index in [1.165, 1.54) is 4.80 Å². The second-order valence-electron chi connectivity index (χ2n) is 3.88. The summed E-state index contributed by atoms with van der Waals surface area (Å²) >= 11 is 3.30. The maximum atomic E-state index is 4.57. The Balaban J connectivity index is 1.81. The molecule has 18 heavy (non-hydrogen) atoms. The number of aryl methyl sites for hydroxylation is 2. The van der Waals surface area contributed by atoms with Crippen molar-refractivity contribution in [2.24, 2.45) is 7.05 Å². The summed E-state index contributed by atoms with van der Waals surface area (Å²) in [4.78, 5) is 10.6. The van der Waals surface area contributed by atoms with E-state index in [0.29, 0.717) is 0 Å². The van der Waals surface area contributed by atoms with Crippen LogP contribution in [0.15, 0.2) is 17.0 Å². The molecule has 0 saturated carbocycles. The number of nitrogens with zero attached hydrogens (tertiary/aromatic N) is 5. The minimum atomic E-state index is 0.787. The first kappa shape index (κ1) is 11.5. The molecule has 0 unspecified atom stereocenters. The van der Waals surface area contributed by atoms with Gasteiger partial charge in [0.25, 0.3) is 0 Å². The van der Waals surface area contributed by atoms with Gasteiger partial charge in [0.05, 0.1) is 21.9 Å².